The zero-order valence-corrected chi connectivity index (χ0v) is 9.46. The van der Waals surface area contributed by atoms with Crippen LogP contribution in [0.2, 0.25) is 0 Å². The van der Waals surface area contributed by atoms with E-state index in [4.69, 9.17) is 5.11 Å². The van der Waals surface area contributed by atoms with Crippen LogP contribution in [0.5, 0.6) is 0 Å². The molecule has 7 heteroatoms. The average molecular weight is 238 g/mol. The molecule has 17 heavy (non-hydrogen) atoms. The van der Waals surface area contributed by atoms with Gasteiger partial charge in [-0.3, -0.25) is 4.68 Å². The van der Waals surface area contributed by atoms with Crippen LogP contribution in [0.4, 0.5) is 10.5 Å². The summed E-state index contributed by atoms with van der Waals surface area (Å²) < 4.78 is 1.56. The molecule has 2 rings (SSSR count). The largest absolute Gasteiger partial charge is 0.480 e. The Kier molecular flexibility index (Phi) is 2.99. The second kappa shape index (κ2) is 4.44. The van der Waals surface area contributed by atoms with Crippen LogP contribution < -0.4 is 5.32 Å². The van der Waals surface area contributed by atoms with Gasteiger partial charge in [-0.05, 0) is 12.8 Å². The number of carbonyl (C=O) groups excluding carboxylic acids is 1. The fourth-order valence-corrected chi connectivity index (χ4v) is 1.95. The van der Waals surface area contributed by atoms with Gasteiger partial charge in [0, 0.05) is 19.8 Å². The van der Waals surface area contributed by atoms with Gasteiger partial charge in [-0.15, -0.1) is 0 Å². The number of carboxylic acid groups (broad SMARTS) is 1. The monoisotopic (exact) mass is 238 g/mol. The van der Waals surface area contributed by atoms with E-state index in [0.29, 0.717) is 18.7 Å². The van der Waals surface area contributed by atoms with Gasteiger partial charge in [0.1, 0.15) is 6.04 Å². The van der Waals surface area contributed by atoms with Gasteiger partial charge >= 0.3 is 12.0 Å². The maximum atomic E-state index is 11.9. The second-order valence-electron chi connectivity index (χ2n) is 4.02. The molecule has 1 aromatic heterocycles. The number of likely N-dealkylation sites (tertiary alicyclic amines) is 1. The van der Waals surface area contributed by atoms with E-state index in [1.807, 2.05) is 0 Å². The molecule has 92 valence electrons. The Morgan fingerprint density at radius 3 is 2.94 bits per heavy atom. The molecule has 1 atom stereocenters. The highest BCUT2D eigenvalue weighted by Crippen LogP contribution is 2.18. The summed E-state index contributed by atoms with van der Waals surface area (Å²) in [7, 11) is 1.74. The maximum Gasteiger partial charge on any atom is 0.326 e. The van der Waals surface area contributed by atoms with Gasteiger partial charge in [-0.1, -0.05) is 0 Å². The van der Waals surface area contributed by atoms with Crippen molar-refractivity contribution >= 4 is 17.7 Å². The lowest BCUT2D eigenvalue weighted by Gasteiger charge is -2.21. The second-order valence-corrected chi connectivity index (χ2v) is 4.02. The van der Waals surface area contributed by atoms with E-state index in [1.165, 1.54) is 11.1 Å². The number of aliphatic carboxylic acids is 1. The van der Waals surface area contributed by atoms with Crippen molar-refractivity contribution in [3.05, 3.63) is 12.4 Å². The van der Waals surface area contributed by atoms with Crippen LogP contribution in [0.25, 0.3) is 0 Å². The van der Waals surface area contributed by atoms with Crippen molar-refractivity contribution in [1.29, 1.82) is 0 Å². The van der Waals surface area contributed by atoms with E-state index < -0.39 is 12.0 Å². The van der Waals surface area contributed by atoms with Crippen LogP contribution >= 0.6 is 0 Å². The van der Waals surface area contributed by atoms with Gasteiger partial charge in [-0.25, -0.2) is 9.59 Å². The molecule has 0 aliphatic carbocycles. The fourth-order valence-electron chi connectivity index (χ4n) is 1.95. The predicted octanol–water partition coefficient (Wildman–Crippen LogP) is 0.501. The molecule has 0 unspecified atom stereocenters. The third-order valence-electron chi connectivity index (χ3n) is 2.75. The van der Waals surface area contributed by atoms with Crippen LogP contribution in [0.15, 0.2) is 12.4 Å². The molecule has 1 aliphatic rings. The number of nitrogens with zero attached hydrogens (tertiary/aromatic N) is 3. The molecule has 0 bridgehead atoms. The van der Waals surface area contributed by atoms with E-state index in [0.717, 1.165) is 6.42 Å². The number of hydrogen-bond donors (Lipinski definition) is 2. The number of carbonyl (C=O) groups is 2. The summed E-state index contributed by atoms with van der Waals surface area (Å²) in [5.74, 6) is -0.955. The van der Waals surface area contributed by atoms with Crippen LogP contribution in [0, 0.1) is 0 Å². The summed E-state index contributed by atoms with van der Waals surface area (Å²) in [5, 5.41) is 15.5. The van der Waals surface area contributed by atoms with Crippen LogP contribution in [0.3, 0.4) is 0 Å². The average Bonchev–Trinajstić information content (AvgIpc) is 2.86. The number of nitrogens with one attached hydrogen (secondary N) is 1. The molecular weight excluding hydrogens is 224 g/mol. The Balaban J connectivity index is 2.02. The van der Waals surface area contributed by atoms with Crippen molar-refractivity contribution < 1.29 is 14.7 Å². The van der Waals surface area contributed by atoms with Gasteiger partial charge < -0.3 is 15.3 Å². The first-order chi connectivity index (χ1) is 8.08. The summed E-state index contributed by atoms with van der Waals surface area (Å²) in [6.07, 6.45) is 4.40. The van der Waals surface area contributed by atoms with Gasteiger partial charge in [0.05, 0.1) is 11.9 Å². The predicted molar refractivity (Wildman–Crippen MR) is 59.6 cm³/mol. The minimum Gasteiger partial charge on any atom is -0.480 e. The highest BCUT2D eigenvalue weighted by Gasteiger charge is 2.33. The van der Waals surface area contributed by atoms with Crippen molar-refractivity contribution in [2.75, 3.05) is 11.9 Å². The number of aryl methyl sites for hydroxylation is 1. The van der Waals surface area contributed by atoms with Crippen molar-refractivity contribution in [2.24, 2.45) is 7.05 Å². The smallest absolute Gasteiger partial charge is 0.326 e. The first-order valence-corrected chi connectivity index (χ1v) is 5.37. The number of amides is 2. The molecule has 0 spiro atoms. The quantitative estimate of drug-likeness (QED) is 0.785. The number of hydrogen-bond acceptors (Lipinski definition) is 3. The Morgan fingerprint density at radius 1 is 1.59 bits per heavy atom. The van der Waals surface area contributed by atoms with E-state index >= 15 is 0 Å². The van der Waals surface area contributed by atoms with Crippen LogP contribution in [-0.4, -0.2) is 44.4 Å². The first kappa shape index (κ1) is 11.4. The molecule has 2 amide bonds. The van der Waals surface area contributed by atoms with Crippen LogP contribution in [0.1, 0.15) is 12.8 Å². The summed E-state index contributed by atoms with van der Waals surface area (Å²) in [4.78, 5) is 24.1. The Hall–Kier alpha value is -2.05. The molecular formula is C10H14N4O3. The molecule has 1 saturated heterocycles. The van der Waals surface area contributed by atoms with Gasteiger partial charge in [0.15, 0.2) is 0 Å². The zero-order chi connectivity index (χ0) is 12.4. The number of anilines is 1. The Morgan fingerprint density at radius 2 is 2.35 bits per heavy atom. The summed E-state index contributed by atoms with van der Waals surface area (Å²) in [6, 6.07) is -1.10. The molecule has 1 fully saturated rings. The van der Waals surface area contributed by atoms with E-state index in [-0.39, 0.29) is 6.03 Å². The molecule has 0 radical (unpaired) electrons. The van der Waals surface area contributed by atoms with E-state index in [2.05, 4.69) is 10.4 Å². The molecule has 7 nitrogen and oxygen atoms in total. The van der Waals surface area contributed by atoms with Crippen molar-refractivity contribution in [1.82, 2.24) is 14.7 Å². The maximum absolute atomic E-state index is 11.9. The molecule has 2 N–H and O–H groups in total. The zero-order valence-electron chi connectivity index (χ0n) is 9.46. The number of carboxylic acids is 1. The fraction of sp³-hybridized carbons (Fsp3) is 0.500. The summed E-state index contributed by atoms with van der Waals surface area (Å²) >= 11 is 0. The van der Waals surface area contributed by atoms with E-state index in [9.17, 15) is 9.59 Å². The SMILES string of the molecule is Cn1cc(NC(=O)N2CCC[C@@H]2C(=O)O)cn1. The highest BCUT2D eigenvalue weighted by atomic mass is 16.4. The molecule has 1 aromatic rings. The third-order valence-corrected chi connectivity index (χ3v) is 2.75. The van der Waals surface area contributed by atoms with Gasteiger partial charge in [-0.2, -0.15) is 5.10 Å². The standard InChI is InChI=1S/C10H14N4O3/c1-13-6-7(5-11-13)12-10(17)14-4-2-3-8(14)9(15)16/h5-6,8H,2-4H2,1H3,(H,12,17)(H,15,16)/t8-/m1/s1. The van der Waals surface area contributed by atoms with Gasteiger partial charge in [0.2, 0.25) is 0 Å². The Bertz CT molecular complexity index is 443. The first-order valence-electron chi connectivity index (χ1n) is 5.37. The highest BCUT2D eigenvalue weighted by molar-refractivity contribution is 5.92. The topological polar surface area (TPSA) is 87.5 Å². The molecule has 0 aromatic carbocycles. The lowest BCUT2D eigenvalue weighted by atomic mass is 10.2. The van der Waals surface area contributed by atoms with Gasteiger partial charge in [0.25, 0.3) is 0 Å². The lowest BCUT2D eigenvalue weighted by Crippen LogP contribution is -2.42. The van der Waals surface area contributed by atoms with Crippen molar-refractivity contribution in [3.8, 4) is 0 Å². The summed E-state index contributed by atoms with van der Waals surface area (Å²) in [6.45, 7) is 0.475. The Labute approximate surface area is 98.0 Å². The lowest BCUT2D eigenvalue weighted by molar-refractivity contribution is -0.141. The third kappa shape index (κ3) is 2.38. The summed E-state index contributed by atoms with van der Waals surface area (Å²) in [5.41, 5.74) is 0.563. The molecule has 1 aliphatic heterocycles. The minimum absolute atomic E-state index is 0.386. The number of urea groups is 1. The van der Waals surface area contributed by atoms with Crippen molar-refractivity contribution in [3.63, 3.8) is 0 Å². The molecule has 0 saturated carbocycles. The molecule has 2 heterocycles. The number of rotatable bonds is 2. The van der Waals surface area contributed by atoms with Crippen LogP contribution in [-0.2, 0) is 11.8 Å². The van der Waals surface area contributed by atoms with E-state index in [1.54, 1.807) is 17.9 Å². The normalized spacial score (nSPS) is 19.4. The van der Waals surface area contributed by atoms with Crippen molar-refractivity contribution in [2.45, 2.75) is 18.9 Å². The number of aromatic nitrogens is 2. The minimum atomic E-state index is -0.955.